The number of aliphatic hydroxyl groups excluding tert-OH is 1. The van der Waals surface area contributed by atoms with Crippen LogP contribution < -0.4 is 0 Å². The molecule has 0 saturated carbocycles. The second-order valence-corrected chi connectivity index (χ2v) is 7.04. The lowest BCUT2D eigenvalue weighted by molar-refractivity contribution is 0.0974. The zero-order chi connectivity index (χ0) is 17.8. The molecule has 2 heteroatoms. The lowest BCUT2D eigenvalue weighted by Crippen LogP contribution is -2.33. The minimum Gasteiger partial charge on any atom is -0.387 e. The molecule has 2 atom stereocenters. The number of benzene rings is 3. The maximum absolute atomic E-state index is 10.8. The monoisotopic (exact) mass is 343 g/mol. The van der Waals surface area contributed by atoms with E-state index in [0.29, 0.717) is 6.54 Å². The van der Waals surface area contributed by atoms with Crippen LogP contribution >= 0.6 is 0 Å². The third-order valence-corrected chi connectivity index (χ3v) is 5.31. The van der Waals surface area contributed by atoms with E-state index in [-0.39, 0.29) is 6.04 Å². The first-order valence-electron chi connectivity index (χ1n) is 9.43. The maximum atomic E-state index is 10.8. The van der Waals surface area contributed by atoms with Gasteiger partial charge in [0.25, 0.3) is 0 Å². The zero-order valence-electron chi connectivity index (χ0n) is 15.0. The Morgan fingerprint density at radius 1 is 0.846 bits per heavy atom. The van der Waals surface area contributed by atoms with E-state index >= 15 is 0 Å². The predicted molar refractivity (Wildman–Crippen MR) is 106 cm³/mol. The Morgan fingerprint density at radius 2 is 1.50 bits per heavy atom. The fourth-order valence-electron chi connectivity index (χ4n) is 4.05. The minimum absolute atomic E-state index is 0.188. The number of aliphatic hydroxyl groups is 1. The molecule has 0 unspecified atom stereocenters. The molecule has 0 aliphatic carbocycles. The topological polar surface area (TPSA) is 23.5 Å². The van der Waals surface area contributed by atoms with Crippen LogP contribution in [0.4, 0.5) is 0 Å². The van der Waals surface area contributed by atoms with E-state index in [1.807, 2.05) is 30.3 Å². The lowest BCUT2D eigenvalue weighted by Gasteiger charge is -2.33. The highest BCUT2D eigenvalue weighted by molar-refractivity contribution is 5.38. The van der Waals surface area contributed by atoms with Gasteiger partial charge in [-0.1, -0.05) is 84.9 Å². The van der Waals surface area contributed by atoms with Gasteiger partial charge in [-0.2, -0.15) is 0 Å². The molecule has 0 saturated heterocycles. The number of fused-ring (bicyclic) bond motifs is 1. The number of aryl methyl sites for hydroxylation is 1. The van der Waals surface area contributed by atoms with E-state index in [1.54, 1.807) is 0 Å². The molecular weight excluding hydrogens is 318 g/mol. The van der Waals surface area contributed by atoms with Gasteiger partial charge >= 0.3 is 0 Å². The van der Waals surface area contributed by atoms with E-state index in [4.69, 9.17) is 0 Å². The van der Waals surface area contributed by atoms with Gasteiger partial charge in [-0.15, -0.1) is 0 Å². The van der Waals surface area contributed by atoms with Crippen LogP contribution in [-0.4, -0.2) is 23.1 Å². The molecular formula is C24H25NO. The first kappa shape index (κ1) is 17.0. The van der Waals surface area contributed by atoms with Crippen LogP contribution in [0, 0.1) is 0 Å². The van der Waals surface area contributed by atoms with Crippen LogP contribution in [0.25, 0.3) is 0 Å². The SMILES string of the molecule is O[C@@H](CN1CCCc2ccccc2[C@H]1c1ccccc1)c1ccccc1. The van der Waals surface area contributed by atoms with Crippen molar-refractivity contribution in [2.75, 3.05) is 13.1 Å². The van der Waals surface area contributed by atoms with Crippen LogP contribution in [0.3, 0.4) is 0 Å². The zero-order valence-corrected chi connectivity index (χ0v) is 15.0. The van der Waals surface area contributed by atoms with Crippen molar-refractivity contribution in [2.45, 2.75) is 25.0 Å². The van der Waals surface area contributed by atoms with Crippen molar-refractivity contribution in [1.29, 1.82) is 0 Å². The Bertz CT molecular complexity index is 831. The summed E-state index contributed by atoms with van der Waals surface area (Å²) < 4.78 is 0. The Morgan fingerprint density at radius 3 is 2.27 bits per heavy atom. The third kappa shape index (κ3) is 3.57. The highest BCUT2D eigenvalue weighted by atomic mass is 16.3. The summed E-state index contributed by atoms with van der Waals surface area (Å²) in [6.07, 6.45) is 1.73. The molecule has 1 heterocycles. The van der Waals surface area contributed by atoms with Gasteiger partial charge in [-0.3, -0.25) is 4.90 Å². The molecule has 0 fully saturated rings. The van der Waals surface area contributed by atoms with Crippen LogP contribution in [0.15, 0.2) is 84.9 Å². The van der Waals surface area contributed by atoms with Gasteiger partial charge in [0.15, 0.2) is 0 Å². The summed E-state index contributed by atoms with van der Waals surface area (Å²) in [5.74, 6) is 0. The van der Waals surface area contributed by atoms with Crippen LogP contribution in [0.1, 0.15) is 40.8 Å². The van der Waals surface area contributed by atoms with E-state index in [0.717, 1.165) is 24.9 Å². The van der Waals surface area contributed by atoms with Crippen LogP contribution in [-0.2, 0) is 6.42 Å². The quantitative estimate of drug-likeness (QED) is 0.738. The molecule has 0 bridgehead atoms. The number of nitrogens with zero attached hydrogens (tertiary/aromatic N) is 1. The normalized spacial score (nSPS) is 18.7. The van der Waals surface area contributed by atoms with Gasteiger partial charge in [-0.05, 0) is 41.6 Å². The Balaban J connectivity index is 1.70. The Kier molecular flexibility index (Phi) is 5.14. The van der Waals surface area contributed by atoms with Crippen molar-refractivity contribution in [2.24, 2.45) is 0 Å². The van der Waals surface area contributed by atoms with E-state index in [2.05, 4.69) is 59.5 Å². The average Bonchev–Trinajstić information content (AvgIpc) is 2.88. The van der Waals surface area contributed by atoms with Gasteiger partial charge in [0.1, 0.15) is 0 Å². The summed E-state index contributed by atoms with van der Waals surface area (Å²) in [6, 6.07) is 29.6. The summed E-state index contributed by atoms with van der Waals surface area (Å²) in [4.78, 5) is 2.44. The Labute approximate surface area is 155 Å². The first-order chi connectivity index (χ1) is 12.8. The van der Waals surface area contributed by atoms with E-state index in [1.165, 1.54) is 16.7 Å². The molecule has 1 aliphatic heterocycles. The fourth-order valence-corrected chi connectivity index (χ4v) is 4.05. The molecule has 0 radical (unpaired) electrons. The molecule has 1 N–H and O–H groups in total. The average molecular weight is 343 g/mol. The molecule has 26 heavy (non-hydrogen) atoms. The van der Waals surface area contributed by atoms with Crippen molar-refractivity contribution in [3.05, 3.63) is 107 Å². The van der Waals surface area contributed by atoms with Crippen molar-refractivity contribution in [3.8, 4) is 0 Å². The molecule has 132 valence electrons. The summed E-state index contributed by atoms with van der Waals surface area (Å²) in [7, 11) is 0. The summed E-state index contributed by atoms with van der Waals surface area (Å²) in [6.45, 7) is 1.62. The van der Waals surface area contributed by atoms with Crippen LogP contribution in [0.2, 0.25) is 0 Å². The van der Waals surface area contributed by atoms with Crippen molar-refractivity contribution in [1.82, 2.24) is 4.90 Å². The van der Waals surface area contributed by atoms with Gasteiger partial charge in [0, 0.05) is 6.54 Å². The van der Waals surface area contributed by atoms with Gasteiger partial charge in [0.2, 0.25) is 0 Å². The molecule has 3 aromatic carbocycles. The molecule has 4 rings (SSSR count). The second kappa shape index (κ2) is 7.86. The third-order valence-electron chi connectivity index (χ3n) is 5.31. The van der Waals surface area contributed by atoms with Crippen molar-refractivity contribution in [3.63, 3.8) is 0 Å². The van der Waals surface area contributed by atoms with Gasteiger partial charge < -0.3 is 5.11 Å². The highest BCUT2D eigenvalue weighted by Gasteiger charge is 2.28. The maximum Gasteiger partial charge on any atom is 0.0917 e. The van der Waals surface area contributed by atoms with Gasteiger partial charge in [0.05, 0.1) is 12.1 Å². The first-order valence-corrected chi connectivity index (χ1v) is 9.43. The molecule has 0 aromatic heterocycles. The highest BCUT2D eigenvalue weighted by Crippen LogP contribution is 2.35. The largest absolute Gasteiger partial charge is 0.387 e. The standard InChI is InChI=1S/C24H25NO/c26-23(20-11-3-1-4-12-20)18-25-17-9-15-19-10-7-8-16-22(19)24(25)21-13-5-2-6-14-21/h1-8,10-14,16,23-24,26H,9,15,17-18H2/t23-,24+/m0/s1. The molecule has 2 nitrogen and oxygen atoms in total. The summed E-state index contributed by atoms with van der Waals surface area (Å²) >= 11 is 0. The predicted octanol–water partition coefficient (Wildman–Crippen LogP) is 4.76. The van der Waals surface area contributed by atoms with Crippen molar-refractivity contribution >= 4 is 0 Å². The molecule has 3 aromatic rings. The van der Waals surface area contributed by atoms with E-state index in [9.17, 15) is 5.11 Å². The lowest BCUT2D eigenvalue weighted by atomic mass is 9.93. The minimum atomic E-state index is -0.479. The fraction of sp³-hybridized carbons (Fsp3) is 0.250. The van der Waals surface area contributed by atoms with E-state index < -0.39 is 6.10 Å². The smallest absolute Gasteiger partial charge is 0.0917 e. The summed E-state index contributed by atoms with van der Waals surface area (Å²) in [5.41, 5.74) is 5.08. The second-order valence-electron chi connectivity index (χ2n) is 7.04. The number of hydrogen-bond donors (Lipinski definition) is 1. The number of rotatable bonds is 4. The molecule has 0 spiro atoms. The van der Waals surface area contributed by atoms with Gasteiger partial charge in [-0.25, -0.2) is 0 Å². The number of β-amino-alcohol motifs (C(OH)–C–C–N with tert-alkyl or cyclic N) is 1. The molecule has 1 aliphatic rings. The molecule has 0 amide bonds. The Hall–Kier alpha value is -2.42. The number of hydrogen-bond acceptors (Lipinski definition) is 2. The van der Waals surface area contributed by atoms with Crippen LogP contribution in [0.5, 0.6) is 0 Å². The van der Waals surface area contributed by atoms with Crippen molar-refractivity contribution < 1.29 is 5.11 Å². The summed E-state index contributed by atoms with van der Waals surface area (Å²) in [5, 5.41) is 10.8.